The lowest BCUT2D eigenvalue weighted by Crippen LogP contribution is -2.59. The quantitative estimate of drug-likeness (QED) is 0.594. The van der Waals surface area contributed by atoms with Gasteiger partial charge < -0.3 is 4.90 Å². The van der Waals surface area contributed by atoms with E-state index in [4.69, 9.17) is 0 Å². The molecule has 8 nitrogen and oxygen atoms in total. The minimum Gasteiger partial charge on any atom is -0.337 e. The summed E-state index contributed by atoms with van der Waals surface area (Å²) < 4.78 is 28.8. The van der Waals surface area contributed by atoms with Crippen LogP contribution in [0.4, 0.5) is 5.69 Å². The number of nitro groups is 1. The van der Waals surface area contributed by atoms with Gasteiger partial charge in [-0.15, -0.1) is 0 Å². The van der Waals surface area contributed by atoms with Gasteiger partial charge in [-0.1, -0.05) is 19.1 Å². The smallest absolute Gasteiger partial charge is 0.289 e. The number of hydrogen-bond donors (Lipinski definition) is 1. The second-order valence-corrected chi connectivity index (χ2v) is 10.3. The van der Waals surface area contributed by atoms with Crippen LogP contribution in [0.2, 0.25) is 0 Å². The van der Waals surface area contributed by atoms with Gasteiger partial charge in [0.1, 0.15) is 0 Å². The number of sulfonamides is 1. The lowest BCUT2D eigenvalue weighted by atomic mass is 9.63. The molecule has 0 radical (unpaired) electrons. The third kappa shape index (κ3) is 3.34. The predicted octanol–water partition coefficient (Wildman–Crippen LogP) is 2.83. The first-order chi connectivity index (χ1) is 13.8. The molecule has 1 amide bonds. The van der Waals surface area contributed by atoms with Gasteiger partial charge in [0.15, 0.2) is 4.90 Å². The molecule has 1 aromatic rings. The fourth-order valence-corrected chi connectivity index (χ4v) is 7.48. The molecule has 0 bridgehead atoms. The Morgan fingerprint density at radius 1 is 1.21 bits per heavy atom. The molecule has 1 aliphatic carbocycles. The second kappa shape index (κ2) is 7.36. The number of nitro benzene ring substituents is 1. The van der Waals surface area contributed by atoms with E-state index in [0.29, 0.717) is 12.8 Å². The average Bonchev–Trinajstić information content (AvgIpc) is 3.05. The summed E-state index contributed by atoms with van der Waals surface area (Å²) in [6.07, 6.45) is 5.69. The average molecular weight is 422 g/mol. The van der Waals surface area contributed by atoms with Crippen LogP contribution in [0.25, 0.3) is 0 Å². The van der Waals surface area contributed by atoms with E-state index in [1.54, 1.807) is 0 Å². The van der Waals surface area contributed by atoms with Crippen LogP contribution in [-0.4, -0.2) is 42.3 Å². The molecule has 2 aliphatic heterocycles. The van der Waals surface area contributed by atoms with Gasteiger partial charge in [0.05, 0.1) is 4.92 Å². The van der Waals surface area contributed by atoms with Crippen LogP contribution in [0.15, 0.2) is 29.2 Å². The molecule has 1 aromatic carbocycles. The monoisotopic (exact) mass is 421 g/mol. The highest BCUT2D eigenvalue weighted by Gasteiger charge is 2.55. The van der Waals surface area contributed by atoms with E-state index in [0.717, 1.165) is 38.6 Å². The van der Waals surface area contributed by atoms with E-state index in [1.165, 1.54) is 24.3 Å². The lowest BCUT2D eigenvalue weighted by molar-refractivity contribution is -0.387. The molecule has 9 heteroatoms. The van der Waals surface area contributed by atoms with Crippen LogP contribution in [0.3, 0.4) is 0 Å². The van der Waals surface area contributed by atoms with Gasteiger partial charge >= 0.3 is 0 Å². The van der Waals surface area contributed by atoms with Gasteiger partial charge in [0.25, 0.3) is 5.69 Å². The van der Waals surface area contributed by atoms with Crippen molar-refractivity contribution in [3.05, 3.63) is 34.4 Å². The van der Waals surface area contributed by atoms with Crippen LogP contribution in [0.1, 0.15) is 51.9 Å². The Hall–Kier alpha value is -2.00. The fraction of sp³-hybridized carbons (Fsp3) is 0.650. The van der Waals surface area contributed by atoms with Crippen molar-refractivity contribution in [3.63, 3.8) is 0 Å². The zero-order valence-corrected chi connectivity index (χ0v) is 17.4. The van der Waals surface area contributed by atoms with E-state index in [1.807, 2.05) is 0 Å². The molecule has 2 heterocycles. The number of amides is 1. The maximum absolute atomic E-state index is 13.0. The summed E-state index contributed by atoms with van der Waals surface area (Å²) in [7, 11) is -4.02. The minimum absolute atomic E-state index is 0.0489. The predicted molar refractivity (Wildman–Crippen MR) is 107 cm³/mol. The van der Waals surface area contributed by atoms with Gasteiger partial charge in [0.2, 0.25) is 15.9 Å². The van der Waals surface area contributed by atoms with Gasteiger partial charge in [-0.2, -0.15) is 0 Å². The normalized spacial score (nSPS) is 32.4. The van der Waals surface area contributed by atoms with Crippen molar-refractivity contribution < 1.29 is 18.1 Å². The summed E-state index contributed by atoms with van der Waals surface area (Å²) in [6, 6.07) is 5.14. The van der Waals surface area contributed by atoms with Crippen molar-refractivity contribution in [1.82, 2.24) is 9.62 Å². The third-order valence-corrected chi connectivity index (χ3v) is 8.78. The molecular formula is C20H27N3O5S. The Kier molecular flexibility index (Phi) is 5.14. The number of para-hydroxylation sites is 1. The largest absolute Gasteiger partial charge is 0.337 e. The maximum Gasteiger partial charge on any atom is 0.289 e. The first-order valence-electron chi connectivity index (χ1n) is 10.3. The molecule has 1 spiro atoms. The van der Waals surface area contributed by atoms with E-state index < -0.39 is 20.6 Å². The summed E-state index contributed by atoms with van der Waals surface area (Å²) in [5, 5.41) is 11.3. The highest BCUT2D eigenvalue weighted by atomic mass is 32.2. The zero-order chi connectivity index (χ0) is 20.8. The fourth-order valence-electron chi connectivity index (χ4n) is 5.95. The number of benzene rings is 1. The Morgan fingerprint density at radius 3 is 2.72 bits per heavy atom. The van der Waals surface area contributed by atoms with Crippen LogP contribution in [-0.2, 0) is 14.8 Å². The Morgan fingerprint density at radius 2 is 1.97 bits per heavy atom. The minimum atomic E-state index is -4.02. The van der Waals surface area contributed by atoms with Crippen LogP contribution in [0, 0.1) is 22.0 Å². The number of carbonyl (C=O) groups excluding carboxylic acids is 1. The number of nitrogens with one attached hydrogen (secondary N) is 1. The van der Waals surface area contributed by atoms with Crippen molar-refractivity contribution in [1.29, 1.82) is 0 Å². The van der Waals surface area contributed by atoms with Crippen molar-refractivity contribution in [3.8, 4) is 0 Å². The highest BCUT2D eigenvalue weighted by molar-refractivity contribution is 7.89. The molecule has 0 unspecified atom stereocenters. The molecule has 3 aliphatic rings. The molecular weight excluding hydrogens is 394 g/mol. The molecule has 1 saturated carbocycles. The topological polar surface area (TPSA) is 110 Å². The standard InChI is InChI=1S/C20H27N3O5S/c1-14-15-6-4-9-19(24)22-13-5-11-20(15,22)12-10-16(14)21-29(27,28)18-8-3-2-7-17(18)23(25)26/h2-3,7-8,14-16,21H,4-6,9-13H2,1H3/t14-,15+,16+,20-/m1/s1. The van der Waals surface area contributed by atoms with Gasteiger partial charge in [-0.3, -0.25) is 14.9 Å². The van der Waals surface area contributed by atoms with Crippen LogP contribution >= 0.6 is 0 Å². The van der Waals surface area contributed by atoms with Gasteiger partial charge in [0, 0.05) is 30.6 Å². The number of nitrogens with zero attached hydrogens (tertiary/aromatic N) is 2. The molecule has 4 rings (SSSR count). The number of rotatable bonds is 4. The molecule has 1 N–H and O–H groups in total. The summed E-state index contributed by atoms with van der Waals surface area (Å²) >= 11 is 0. The molecule has 2 saturated heterocycles. The molecule has 158 valence electrons. The molecule has 29 heavy (non-hydrogen) atoms. The summed E-state index contributed by atoms with van der Waals surface area (Å²) in [6.45, 7) is 2.86. The van der Waals surface area contributed by atoms with Crippen LogP contribution in [0.5, 0.6) is 0 Å². The maximum atomic E-state index is 13.0. The Balaban J connectivity index is 1.61. The summed E-state index contributed by atoms with van der Waals surface area (Å²) in [4.78, 5) is 25.0. The second-order valence-electron chi connectivity index (χ2n) is 8.60. The third-order valence-electron chi connectivity index (χ3n) is 7.24. The summed E-state index contributed by atoms with van der Waals surface area (Å²) in [5.41, 5.74) is -0.560. The van der Waals surface area contributed by atoms with E-state index in [2.05, 4.69) is 16.5 Å². The van der Waals surface area contributed by atoms with Crippen molar-refractivity contribution in [2.45, 2.75) is 68.3 Å². The zero-order valence-electron chi connectivity index (χ0n) is 16.5. The number of carbonyl (C=O) groups is 1. The molecule has 4 atom stereocenters. The number of hydrogen-bond acceptors (Lipinski definition) is 5. The molecule has 0 aromatic heterocycles. The van der Waals surface area contributed by atoms with Crippen molar-refractivity contribution >= 4 is 21.6 Å². The first kappa shape index (κ1) is 20.3. The SMILES string of the molecule is C[C@H]1[C@@H](NS(=O)(=O)c2ccccc2[N+](=O)[O-])CC[C@@]23CCCN2C(=O)CCC[C@@H]13. The van der Waals surface area contributed by atoms with Crippen molar-refractivity contribution in [2.24, 2.45) is 11.8 Å². The van der Waals surface area contributed by atoms with E-state index in [-0.39, 0.29) is 34.2 Å². The molecule has 3 fully saturated rings. The van der Waals surface area contributed by atoms with Gasteiger partial charge in [-0.25, -0.2) is 13.1 Å². The Bertz CT molecular complexity index is 934. The van der Waals surface area contributed by atoms with Crippen LogP contribution < -0.4 is 4.72 Å². The van der Waals surface area contributed by atoms with Gasteiger partial charge in [-0.05, 0) is 56.4 Å². The first-order valence-corrected chi connectivity index (χ1v) is 11.8. The van der Waals surface area contributed by atoms with E-state index >= 15 is 0 Å². The van der Waals surface area contributed by atoms with Crippen molar-refractivity contribution in [2.75, 3.05) is 6.54 Å². The van der Waals surface area contributed by atoms with E-state index in [9.17, 15) is 23.3 Å². The lowest BCUT2D eigenvalue weighted by Gasteiger charge is -2.52. The summed E-state index contributed by atoms with van der Waals surface area (Å²) in [5.74, 6) is 0.521. The highest BCUT2D eigenvalue weighted by Crippen LogP contribution is 2.51. The Labute approximate surface area is 170 Å².